The van der Waals surface area contributed by atoms with Crippen molar-refractivity contribution in [1.82, 2.24) is 0 Å². The van der Waals surface area contributed by atoms with Crippen molar-refractivity contribution in [2.45, 2.75) is 42.8 Å². The van der Waals surface area contributed by atoms with E-state index in [9.17, 15) is 49.1 Å². The van der Waals surface area contributed by atoms with Crippen LogP contribution < -0.4 is 0 Å². The van der Waals surface area contributed by atoms with Gasteiger partial charge in [-0.3, -0.25) is 4.79 Å². The monoisotopic (exact) mass is 458 g/mol. The topological polar surface area (TPSA) is 72.8 Å². The second kappa shape index (κ2) is 7.93. The number of esters is 2. The number of alkyl halides is 9. The molecule has 1 fully saturated rings. The van der Waals surface area contributed by atoms with Gasteiger partial charge in [0.1, 0.15) is 6.67 Å². The molecule has 2 bridgehead atoms. The molecular formula is C16H15F9O5. The highest BCUT2D eigenvalue weighted by Gasteiger charge is 2.77. The number of ether oxygens (including phenoxy) is 2. The summed E-state index contributed by atoms with van der Waals surface area (Å²) in [6.07, 6.45) is -13.2. The molecule has 2 rings (SSSR count). The number of aliphatic hydroxyl groups is 1. The Bertz CT molecular complexity index is 702. The van der Waals surface area contributed by atoms with E-state index in [1.807, 2.05) is 6.08 Å². The zero-order chi connectivity index (χ0) is 23.1. The number of carbonyl (C=O) groups is 2. The SMILES string of the molecule is O=C(COC(=O)C1CC2C=CC1C2)OC(C(F)(F)F)C(F)(F)C(O)(CF)C(F)(F)F. The molecule has 0 amide bonds. The fraction of sp³-hybridized carbons (Fsp3) is 0.750. The summed E-state index contributed by atoms with van der Waals surface area (Å²) in [5, 5.41) is 8.92. The highest BCUT2D eigenvalue weighted by Crippen LogP contribution is 2.49. The van der Waals surface area contributed by atoms with E-state index in [1.165, 1.54) is 0 Å². The Morgan fingerprint density at radius 2 is 1.63 bits per heavy atom. The molecule has 5 nitrogen and oxygen atoms in total. The largest absolute Gasteiger partial charge is 0.453 e. The molecule has 0 aromatic rings. The molecule has 5 unspecified atom stereocenters. The molecule has 2 aliphatic rings. The molecule has 14 heteroatoms. The second-order valence-corrected chi connectivity index (χ2v) is 7.02. The molecule has 0 heterocycles. The van der Waals surface area contributed by atoms with Gasteiger partial charge in [-0.25, -0.2) is 9.18 Å². The van der Waals surface area contributed by atoms with Crippen LogP contribution in [0, 0.1) is 17.8 Å². The Balaban J connectivity index is 2.09. The summed E-state index contributed by atoms with van der Waals surface area (Å²) in [4.78, 5) is 23.4. The lowest BCUT2D eigenvalue weighted by molar-refractivity contribution is -0.380. The van der Waals surface area contributed by atoms with Gasteiger partial charge in [0.15, 0.2) is 6.61 Å². The minimum atomic E-state index is -6.54. The van der Waals surface area contributed by atoms with Crippen LogP contribution >= 0.6 is 0 Å². The fourth-order valence-corrected chi connectivity index (χ4v) is 3.37. The first-order valence-corrected chi connectivity index (χ1v) is 8.38. The number of hydrogen-bond donors (Lipinski definition) is 1. The van der Waals surface area contributed by atoms with Crippen LogP contribution in [-0.2, 0) is 19.1 Å². The van der Waals surface area contributed by atoms with Crippen molar-refractivity contribution in [2.24, 2.45) is 17.8 Å². The summed E-state index contributed by atoms with van der Waals surface area (Å²) in [7, 11) is 0. The first kappa shape index (κ1) is 24.3. The normalized spacial score (nSPS) is 26.9. The van der Waals surface area contributed by atoms with Crippen molar-refractivity contribution in [1.29, 1.82) is 0 Å². The predicted molar refractivity (Wildman–Crippen MR) is 77.7 cm³/mol. The highest BCUT2D eigenvalue weighted by atomic mass is 19.4. The van der Waals surface area contributed by atoms with Crippen LogP contribution in [0.15, 0.2) is 12.2 Å². The minimum absolute atomic E-state index is 0.0774. The summed E-state index contributed by atoms with van der Waals surface area (Å²) in [6, 6.07) is 0. The Morgan fingerprint density at radius 3 is 2.03 bits per heavy atom. The molecule has 2 aliphatic carbocycles. The van der Waals surface area contributed by atoms with Gasteiger partial charge < -0.3 is 14.6 Å². The number of halogens is 9. The van der Waals surface area contributed by atoms with Gasteiger partial charge in [-0.1, -0.05) is 12.2 Å². The van der Waals surface area contributed by atoms with Crippen LogP contribution in [0.1, 0.15) is 12.8 Å². The van der Waals surface area contributed by atoms with E-state index in [4.69, 9.17) is 5.11 Å². The summed E-state index contributed by atoms with van der Waals surface area (Å²) >= 11 is 0. The van der Waals surface area contributed by atoms with Gasteiger partial charge in [0.05, 0.1) is 5.92 Å². The van der Waals surface area contributed by atoms with E-state index < -0.39 is 61.1 Å². The average molecular weight is 458 g/mol. The van der Waals surface area contributed by atoms with Crippen molar-refractivity contribution in [3.8, 4) is 0 Å². The zero-order valence-corrected chi connectivity index (χ0v) is 14.8. The van der Waals surface area contributed by atoms with Gasteiger partial charge in [0, 0.05) is 0 Å². The third kappa shape index (κ3) is 4.37. The van der Waals surface area contributed by atoms with Crippen LogP contribution in [0.3, 0.4) is 0 Å². The Kier molecular flexibility index (Phi) is 6.42. The quantitative estimate of drug-likeness (QED) is 0.361. The summed E-state index contributed by atoms with van der Waals surface area (Å²) in [5.74, 6) is -10.5. The number of rotatable bonds is 7. The molecule has 0 spiro atoms. The van der Waals surface area contributed by atoms with E-state index in [0.717, 1.165) is 0 Å². The van der Waals surface area contributed by atoms with Crippen molar-refractivity contribution < 1.29 is 63.7 Å². The zero-order valence-electron chi connectivity index (χ0n) is 14.8. The molecule has 30 heavy (non-hydrogen) atoms. The molecule has 0 saturated heterocycles. The Labute approximate surface area is 162 Å². The number of fused-ring (bicyclic) bond motifs is 2. The van der Waals surface area contributed by atoms with Crippen LogP contribution in [0.2, 0.25) is 0 Å². The molecule has 172 valence electrons. The average Bonchev–Trinajstić information content (AvgIpc) is 3.24. The highest BCUT2D eigenvalue weighted by molar-refractivity contribution is 5.78. The number of hydrogen-bond acceptors (Lipinski definition) is 5. The molecule has 0 aromatic carbocycles. The third-order valence-corrected chi connectivity index (χ3v) is 5.00. The van der Waals surface area contributed by atoms with Gasteiger partial charge in [-0.2, -0.15) is 35.1 Å². The van der Waals surface area contributed by atoms with Gasteiger partial charge in [-0.15, -0.1) is 0 Å². The Hall–Kier alpha value is -1.99. The molecule has 0 aliphatic heterocycles. The Morgan fingerprint density at radius 1 is 1.03 bits per heavy atom. The van der Waals surface area contributed by atoms with Crippen LogP contribution in [0.5, 0.6) is 0 Å². The maximum atomic E-state index is 13.9. The maximum absolute atomic E-state index is 13.9. The molecular weight excluding hydrogens is 443 g/mol. The maximum Gasteiger partial charge on any atom is 0.431 e. The predicted octanol–water partition coefficient (Wildman–Crippen LogP) is 3.11. The van der Waals surface area contributed by atoms with E-state index in [-0.39, 0.29) is 11.8 Å². The van der Waals surface area contributed by atoms with E-state index >= 15 is 0 Å². The second-order valence-electron chi connectivity index (χ2n) is 7.02. The van der Waals surface area contributed by atoms with Gasteiger partial charge in [-0.05, 0) is 24.7 Å². The summed E-state index contributed by atoms with van der Waals surface area (Å²) in [5.41, 5.74) is -5.79. The van der Waals surface area contributed by atoms with Crippen LogP contribution in [0.25, 0.3) is 0 Å². The van der Waals surface area contributed by atoms with Crippen LogP contribution in [0.4, 0.5) is 39.5 Å². The van der Waals surface area contributed by atoms with Crippen molar-refractivity contribution in [3.05, 3.63) is 12.2 Å². The number of carbonyl (C=O) groups excluding carboxylic acids is 2. The molecule has 0 aromatic heterocycles. The molecule has 5 atom stereocenters. The van der Waals surface area contributed by atoms with Gasteiger partial charge >= 0.3 is 30.2 Å². The van der Waals surface area contributed by atoms with E-state index in [1.54, 1.807) is 6.08 Å². The molecule has 1 saturated carbocycles. The minimum Gasteiger partial charge on any atom is -0.453 e. The molecule has 0 radical (unpaired) electrons. The lowest BCUT2D eigenvalue weighted by atomic mass is 9.91. The number of allylic oxidation sites excluding steroid dienone is 2. The first-order chi connectivity index (χ1) is 13.5. The van der Waals surface area contributed by atoms with Gasteiger partial charge in [0.25, 0.3) is 11.7 Å². The van der Waals surface area contributed by atoms with Crippen molar-refractivity contribution in [3.63, 3.8) is 0 Å². The lowest BCUT2D eigenvalue weighted by Crippen LogP contribution is -2.68. The van der Waals surface area contributed by atoms with Crippen molar-refractivity contribution >= 4 is 11.9 Å². The fourth-order valence-electron chi connectivity index (χ4n) is 3.37. The van der Waals surface area contributed by atoms with E-state index in [0.29, 0.717) is 12.8 Å². The van der Waals surface area contributed by atoms with Gasteiger partial charge in [0.2, 0.25) is 0 Å². The van der Waals surface area contributed by atoms with Crippen LogP contribution in [-0.4, -0.2) is 60.3 Å². The first-order valence-electron chi connectivity index (χ1n) is 8.38. The smallest absolute Gasteiger partial charge is 0.431 e. The van der Waals surface area contributed by atoms with E-state index in [2.05, 4.69) is 9.47 Å². The van der Waals surface area contributed by atoms with Crippen molar-refractivity contribution in [2.75, 3.05) is 13.3 Å². The summed E-state index contributed by atoms with van der Waals surface area (Å²) in [6.45, 7) is -4.94. The standard InChI is InChI=1S/C16H15F9O5/c17-6-13(28,16(23,24)25)14(18,19)12(15(20,21)22)30-10(26)5-29-11(27)9-4-7-1-2-8(9)3-7/h1-2,7-9,12,28H,3-6H2. The third-order valence-electron chi connectivity index (χ3n) is 5.00. The molecule has 1 N–H and O–H groups in total. The summed E-state index contributed by atoms with van der Waals surface area (Å²) < 4.78 is 125. The lowest BCUT2D eigenvalue weighted by Gasteiger charge is -2.39.